The van der Waals surface area contributed by atoms with Gasteiger partial charge in [0, 0.05) is 5.33 Å². The van der Waals surface area contributed by atoms with Crippen LogP contribution >= 0.6 is 15.9 Å². The first-order valence-corrected chi connectivity index (χ1v) is 8.43. The van der Waals surface area contributed by atoms with Gasteiger partial charge in [0.15, 0.2) is 0 Å². The lowest BCUT2D eigenvalue weighted by Gasteiger charge is -2.21. The van der Waals surface area contributed by atoms with Gasteiger partial charge in [-0.1, -0.05) is 35.2 Å². The monoisotopic (exact) mass is 388 g/mol. The molecule has 0 bridgehead atoms. The van der Waals surface area contributed by atoms with Crippen LogP contribution in [0.25, 0.3) is 0 Å². The minimum atomic E-state index is -4.62. The molecule has 1 aliphatic rings. The van der Waals surface area contributed by atoms with Crippen LogP contribution in [0.3, 0.4) is 0 Å². The highest BCUT2D eigenvalue weighted by molar-refractivity contribution is 9.09. The Morgan fingerprint density at radius 2 is 1.68 bits per heavy atom. The zero-order valence-electron chi connectivity index (χ0n) is 12.2. The number of hydrogen-bond acceptors (Lipinski definition) is 4. The zero-order valence-corrected chi connectivity index (χ0v) is 13.7. The summed E-state index contributed by atoms with van der Waals surface area (Å²) in [6.07, 6.45) is -2.01. The summed E-state index contributed by atoms with van der Waals surface area (Å²) < 4.78 is 46.6. The van der Waals surface area contributed by atoms with Gasteiger partial charge in [-0.15, -0.1) is 0 Å². The van der Waals surface area contributed by atoms with Gasteiger partial charge in [-0.25, -0.2) is 0 Å². The van der Waals surface area contributed by atoms with Crippen molar-refractivity contribution in [2.24, 2.45) is 5.92 Å². The summed E-state index contributed by atoms with van der Waals surface area (Å²) in [6.45, 7) is 0.320. The molecule has 8 heteroatoms. The summed E-state index contributed by atoms with van der Waals surface area (Å²) in [6, 6.07) is 0. The van der Waals surface area contributed by atoms with E-state index in [9.17, 15) is 22.8 Å². The number of carbonyl (C=O) groups is 2. The van der Waals surface area contributed by atoms with Crippen molar-refractivity contribution in [1.29, 1.82) is 0 Å². The van der Waals surface area contributed by atoms with E-state index in [2.05, 4.69) is 20.7 Å². The first kappa shape index (κ1) is 19.3. The van der Waals surface area contributed by atoms with E-state index < -0.39 is 36.0 Å². The minimum absolute atomic E-state index is 0.265. The van der Waals surface area contributed by atoms with Gasteiger partial charge in [-0.05, 0) is 18.8 Å². The number of ether oxygens (including phenoxy) is 2. The lowest BCUT2D eigenvalue weighted by molar-refractivity contribution is -0.214. The minimum Gasteiger partial charge on any atom is -0.465 e. The number of hydrogen-bond donors (Lipinski definition) is 0. The molecule has 1 atom stereocenters. The van der Waals surface area contributed by atoms with Gasteiger partial charge in [0.25, 0.3) is 0 Å². The highest BCUT2D eigenvalue weighted by Gasteiger charge is 2.42. The van der Waals surface area contributed by atoms with Crippen molar-refractivity contribution >= 4 is 27.9 Å². The lowest BCUT2D eigenvalue weighted by atomic mass is 9.90. The molecule has 0 N–H and O–H groups in total. The maximum atomic E-state index is 12.4. The van der Waals surface area contributed by atoms with E-state index in [1.165, 1.54) is 6.42 Å². The lowest BCUT2D eigenvalue weighted by Crippen LogP contribution is -2.35. The Kier molecular flexibility index (Phi) is 8.20. The predicted molar refractivity (Wildman–Crippen MR) is 76.5 cm³/mol. The van der Waals surface area contributed by atoms with Gasteiger partial charge in [-0.2, -0.15) is 13.2 Å². The molecule has 1 aliphatic carbocycles. The van der Waals surface area contributed by atoms with Crippen LogP contribution in [0.1, 0.15) is 44.9 Å². The predicted octanol–water partition coefficient (Wildman–Crippen LogP) is 3.76. The van der Waals surface area contributed by atoms with Gasteiger partial charge < -0.3 is 9.47 Å². The fourth-order valence-corrected chi connectivity index (χ4v) is 2.74. The van der Waals surface area contributed by atoms with E-state index in [-0.39, 0.29) is 6.42 Å². The van der Waals surface area contributed by atoms with E-state index in [1.807, 2.05) is 0 Å². The van der Waals surface area contributed by atoms with Crippen LogP contribution in [0.2, 0.25) is 0 Å². The van der Waals surface area contributed by atoms with E-state index in [0.717, 1.165) is 25.7 Å². The van der Waals surface area contributed by atoms with Crippen LogP contribution in [0.15, 0.2) is 0 Å². The Bertz CT molecular complexity index is 368. The molecule has 1 saturated carbocycles. The summed E-state index contributed by atoms with van der Waals surface area (Å²) in [4.78, 5) is 22.8. The van der Waals surface area contributed by atoms with Crippen molar-refractivity contribution in [2.75, 3.05) is 11.9 Å². The molecule has 0 aromatic heterocycles. The fourth-order valence-electron chi connectivity index (χ4n) is 2.24. The molecule has 0 saturated heterocycles. The largest absolute Gasteiger partial charge is 0.465 e. The van der Waals surface area contributed by atoms with E-state index in [0.29, 0.717) is 12.5 Å². The smallest absolute Gasteiger partial charge is 0.426 e. The second-order valence-corrected chi connectivity index (χ2v) is 6.01. The van der Waals surface area contributed by atoms with Crippen LogP contribution in [0, 0.1) is 5.92 Å². The van der Waals surface area contributed by atoms with Crippen LogP contribution < -0.4 is 0 Å². The number of halogens is 4. The zero-order chi connectivity index (χ0) is 16.6. The molecular weight excluding hydrogens is 369 g/mol. The third kappa shape index (κ3) is 7.47. The van der Waals surface area contributed by atoms with Crippen molar-refractivity contribution in [3.63, 3.8) is 0 Å². The number of carbonyl (C=O) groups excluding carboxylic acids is 2. The molecular formula is C14H20BrF3O4. The van der Waals surface area contributed by atoms with Crippen LogP contribution in [0.5, 0.6) is 0 Å². The maximum Gasteiger partial charge on any atom is 0.426 e. The molecule has 128 valence electrons. The molecule has 0 spiro atoms. The van der Waals surface area contributed by atoms with E-state index in [4.69, 9.17) is 4.74 Å². The molecule has 4 nitrogen and oxygen atoms in total. The second-order valence-electron chi connectivity index (χ2n) is 5.36. The average Bonchev–Trinajstić information content (AvgIpc) is 2.48. The Labute approximate surface area is 135 Å². The second kappa shape index (κ2) is 9.37. The summed E-state index contributed by atoms with van der Waals surface area (Å²) in [5.41, 5.74) is 0. The molecule has 1 fully saturated rings. The van der Waals surface area contributed by atoms with Crippen LogP contribution in [-0.2, 0) is 19.1 Å². The third-order valence-corrected chi connectivity index (χ3v) is 4.11. The topological polar surface area (TPSA) is 52.6 Å². The number of alkyl halides is 4. The van der Waals surface area contributed by atoms with Gasteiger partial charge in [0.05, 0.1) is 19.4 Å². The molecule has 1 rings (SSSR count). The average molecular weight is 389 g/mol. The first-order chi connectivity index (χ1) is 10.3. The maximum absolute atomic E-state index is 12.4. The van der Waals surface area contributed by atoms with Crippen LogP contribution in [0.4, 0.5) is 13.2 Å². The molecule has 0 amide bonds. The molecule has 0 aliphatic heterocycles. The first-order valence-electron chi connectivity index (χ1n) is 7.30. The molecule has 0 aromatic rings. The quantitative estimate of drug-likeness (QED) is 0.492. The summed E-state index contributed by atoms with van der Waals surface area (Å²) >= 11 is 2.64. The highest BCUT2D eigenvalue weighted by atomic mass is 79.9. The van der Waals surface area contributed by atoms with E-state index >= 15 is 0 Å². The van der Waals surface area contributed by atoms with Crippen molar-refractivity contribution in [2.45, 2.75) is 57.2 Å². The standard InChI is InChI=1S/C14H20BrF3O4/c15-8-11(14(16,17)18)22-13(20)7-6-12(19)21-9-10-4-2-1-3-5-10/h10-11H,1-9H2. The third-order valence-electron chi connectivity index (χ3n) is 3.52. The van der Waals surface area contributed by atoms with Crippen molar-refractivity contribution < 1.29 is 32.2 Å². The van der Waals surface area contributed by atoms with Crippen molar-refractivity contribution in [3.05, 3.63) is 0 Å². The fraction of sp³-hybridized carbons (Fsp3) is 0.857. The Hall–Kier alpha value is -0.790. The van der Waals surface area contributed by atoms with Crippen molar-refractivity contribution in [1.82, 2.24) is 0 Å². The van der Waals surface area contributed by atoms with E-state index in [1.54, 1.807) is 0 Å². The Morgan fingerprint density at radius 3 is 2.23 bits per heavy atom. The molecule has 22 heavy (non-hydrogen) atoms. The number of rotatable bonds is 7. The molecule has 0 radical (unpaired) electrons. The molecule has 0 aromatic carbocycles. The van der Waals surface area contributed by atoms with Crippen molar-refractivity contribution in [3.8, 4) is 0 Å². The Balaban J connectivity index is 2.21. The van der Waals surface area contributed by atoms with Gasteiger partial charge in [0.1, 0.15) is 0 Å². The summed E-state index contributed by atoms with van der Waals surface area (Å²) in [5, 5.41) is -0.533. The number of esters is 2. The Morgan fingerprint density at radius 1 is 1.09 bits per heavy atom. The van der Waals surface area contributed by atoms with Gasteiger partial charge in [-0.3, -0.25) is 9.59 Å². The summed E-state index contributed by atoms with van der Waals surface area (Å²) in [5.74, 6) is -1.28. The van der Waals surface area contributed by atoms with Gasteiger partial charge >= 0.3 is 18.1 Å². The molecule has 1 unspecified atom stereocenters. The normalized spacial score (nSPS) is 17.8. The molecule has 0 heterocycles. The SMILES string of the molecule is O=C(CCC(=O)OC(CBr)C(F)(F)F)OCC1CCCCC1. The van der Waals surface area contributed by atoms with Crippen LogP contribution in [-0.4, -0.2) is 36.2 Å². The van der Waals surface area contributed by atoms with Gasteiger partial charge in [0.2, 0.25) is 6.10 Å². The summed E-state index contributed by atoms with van der Waals surface area (Å²) in [7, 11) is 0. The highest BCUT2D eigenvalue weighted by Crippen LogP contribution is 2.25.